The molecule has 0 unspecified atom stereocenters. The Morgan fingerprint density at radius 2 is 2.00 bits per heavy atom. The van der Waals surface area contributed by atoms with Crippen LogP contribution in [0.1, 0.15) is 39.0 Å². The van der Waals surface area contributed by atoms with Crippen LogP contribution in [0.4, 0.5) is 5.69 Å². The van der Waals surface area contributed by atoms with E-state index in [1.807, 2.05) is 28.9 Å². The third kappa shape index (κ3) is 2.28. The van der Waals surface area contributed by atoms with E-state index in [9.17, 15) is 0 Å². The Labute approximate surface area is 119 Å². The maximum atomic E-state index is 6.05. The molecule has 1 fully saturated rings. The molecule has 1 aliphatic carbocycles. The van der Waals surface area contributed by atoms with E-state index < -0.39 is 0 Å². The maximum Gasteiger partial charge on any atom is 0.184 e. The molecule has 1 heterocycles. The van der Waals surface area contributed by atoms with Gasteiger partial charge in [0, 0.05) is 11.3 Å². The van der Waals surface area contributed by atoms with Crippen LogP contribution in [0, 0.1) is 5.41 Å². The van der Waals surface area contributed by atoms with E-state index in [4.69, 9.17) is 5.73 Å². The van der Waals surface area contributed by atoms with E-state index in [-0.39, 0.29) is 0 Å². The highest BCUT2D eigenvalue weighted by molar-refractivity contribution is 5.70. The minimum Gasteiger partial charge on any atom is -0.398 e. The van der Waals surface area contributed by atoms with Crippen LogP contribution < -0.4 is 5.73 Å². The van der Waals surface area contributed by atoms with Crippen LogP contribution >= 0.6 is 0 Å². The highest BCUT2D eigenvalue weighted by atomic mass is 15.5. The van der Waals surface area contributed by atoms with Gasteiger partial charge in [0.05, 0.1) is 6.54 Å². The van der Waals surface area contributed by atoms with Gasteiger partial charge in [0.15, 0.2) is 5.82 Å². The lowest BCUT2D eigenvalue weighted by molar-refractivity contribution is 0.226. The molecular formula is C15H21N5. The topological polar surface area (TPSA) is 69.6 Å². The molecule has 0 aliphatic heterocycles. The summed E-state index contributed by atoms with van der Waals surface area (Å²) in [7, 11) is 0. The van der Waals surface area contributed by atoms with Crippen molar-refractivity contribution in [2.75, 3.05) is 5.73 Å². The van der Waals surface area contributed by atoms with Gasteiger partial charge in [0.25, 0.3) is 0 Å². The largest absolute Gasteiger partial charge is 0.398 e. The van der Waals surface area contributed by atoms with Gasteiger partial charge in [0.1, 0.15) is 0 Å². The van der Waals surface area contributed by atoms with Gasteiger partial charge in [-0.1, -0.05) is 31.9 Å². The van der Waals surface area contributed by atoms with E-state index in [1.165, 1.54) is 32.1 Å². The highest BCUT2D eigenvalue weighted by Gasteiger charge is 2.33. The summed E-state index contributed by atoms with van der Waals surface area (Å²) in [5.74, 6) is 0.780. The molecule has 0 spiro atoms. The van der Waals surface area contributed by atoms with Crippen LogP contribution in [0.2, 0.25) is 0 Å². The smallest absolute Gasteiger partial charge is 0.184 e. The van der Waals surface area contributed by atoms with Crippen LogP contribution in [0.15, 0.2) is 24.3 Å². The van der Waals surface area contributed by atoms with Gasteiger partial charge in [-0.05, 0) is 47.2 Å². The van der Waals surface area contributed by atoms with Crippen LogP contribution in [0.3, 0.4) is 0 Å². The van der Waals surface area contributed by atoms with Crippen molar-refractivity contribution in [1.29, 1.82) is 0 Å². The van der Waals surface area contributed by atoms with E-state index in [0.717, 1.165) is 23.6 Å². The first-order valence-corrected chi connectivity index (χ1v) is 7.35. The minimum absolute atomic E-state index is 0.355. The van der Waals surface area contributed by atoms with Gasteiger partial charge in [-0.15, -0.1) is 5.10 Å². The molecule has 1 saturated carbocycles. The average Bonchev–Trinajstić information content (AvgIpc) is 3.10. The number of nitrogens with zero attached hydrogens (tertiary/aromatic N) is 4. The number of benzene rings is 1. The normalized spacial score (nSPS) is 17.4. The summed E-state index contributed by atoms with van der Waals surface area (Å²) in [6, 6.07) is 7.76. The Morgan fingerprint density at radius 1 is 1.25 bits per heavy atom. The van der Waals surface area contributed by atoms with Crippen molar-refractivity contribution in [2.45, 2.75) is 45.6 Å². The number of rotatable bonds is 4. The Bertz CT molecular complexity index is 583. The maximum absolute atomic E-state index is 6.05. The lowest BCUT2D eigenvalue weighted by Crippen LogP contribution is -2.24. The second-order valence-corrected chi connectivity index (χ2v) is 5.81. The van der Waals surface area contributed by atoms with Crippen molar-refractivity contribution < 1.29 is 0 Å². The molecule has 1 aliphatic rings. The molecule has 0 bridgehead atoms. The lowest BCUT2D eigenvalue weighted by Gasteiger charge is -2.27. The van der Waals surface area contributed by atoms with Crippen molar-refractivity contribution in [3.8, 4) is 11.4 Å². The monoisotopic (exact) mass is 271 g/mol. The molecule has 0 atom stereocenters. The predicted molar refractivity (Wildman–Crippen MR) is 78.9 cm³/mol. The molecule has 20 heavy (non-hydrogen) atoms. The van der Waals surface area contributed by atoms with E-state index in [0.29, 0.717) is 5.41 Å². The Kier molecular flexibility index (Phi) is 3.42. The molecule has 1 aromatic heterocycles. The molecule has 0 radical (unpaired) electrons. The highest BCUT2D eigenvalue weighted by Crippen LogP contribution is 2.42. The number of nitrogens with two attached hydrogens (primary N) is 1. The van der Waals surface area contributed by atoms with Crippen LogP contribution in [0.5, 0.6) is 0 Å². The summed E-state index contributed by atoms with van der Waals surface area (Å²) >= 11 is 0. The molecule has 2 aromatic rings. The fourth-order valence-electron chi connectivity index (χ4n) is 3.27. The molecular weight excluding hydrogens is 250 g/mol. The number of hydrogen-bond donors (Lipinski definition) is 1. The molecule has 1 aromatic carbocycles. The first kappa shape index (κ1) is 13.1. The van der Waals surface area contributed by atoms with Crippen LogP contribution in [-0.2, 0) is 6.54 Å². The average molecular weight is 271 g/mol. The molecule has 0 saturated heterocycles. The molecule has 5 nitrogen and oxygen atoms in total. The number of nitrogen functional groups attached to an aromatic ring is 1. The summed E-state index contributed by atoms with van der Waals surface area (Å²) < 4.78 is 1.93. The molecule has 0 amide bonds. The predicted octanol–water partition coefficient (Wildman–Crippen LogP) is 2.89. The third-order valence-electron chi connectivity index (χ3n) is 4.63. The SMILES string of the molecule is CCC1(Cn2nnnc2-c2ccccc2N)CCCC1. The second-order valence-electron chi connectivity index (χ2n) is 5.81. The summed E-state index contributed by atoms with van der Waals surface area (Å²) in [6.45, 7) is 3.16. The van der Waals surface area contributed by atoms with Crippen molar-refractivity contribution in [2.24, 2.45) is 5.41 Å². The molecule has 3 rings (SSSR count). The second kappa shape index (κ2) is 5.23. The summed E-state index contributed by atoms with van der Waals surface area (Å²) in [5.41, 5.74) is 8.04. The number of para-hydroxylation sites is 1. The van der Waals surface area contributed by atoms with Gasteiger partial charge in [-0.25, -0.2) is 4.68 Å². The first-order valence-electron chi connectivity index (χ1n) is 7.35. The zero-order valence-electron chi connectivity index (χ0n) is 11.9. The fraction of sp³-hybridized carbons (Fsp3) is 0.533. The van der Waals surface area contributed by atoms with E-state index in [2.05, 4.69) is 22.4 Å². The Morgan fingerprint density at radius 3 is 2.70 bits per heavy atom. The third-order valence-corrected chi connectivity index (χ3v) is 4.63. The van der Waals surface area contributed by atoms with Gasteiger partial charge < -0.3 is 5.73 Å². The fourth-order valence-corrected chi connectivity index (χ4v) is 3.27. The number of hydrogen-bond acceptors (Lipinski definition) is 4. The first-order chi connectivity index (χ1) is 9.74. The van der Waals surface area contributed by atoms with Gasteiger partial charge in [-0.3, -0.25) is 0 Å². The lowest BCUT2D eigenvalue weighted by atomic mass is 9.83. The van der Waals surface area contributed by atoms with Crippen molar-refractivity contribution in [3.05, 3.63) is 24.3 Å². The quantitative estimate of drug-likeness (QED) is 0.868. The summed E-state index contributed by atoms with van der Waals surface area (Å²) in [4.78, 5) is 0. The summed E-state index contributed by atoms with van der Waals surface area (Å²) in [5, 5.41) is 12.2. The minimum atomic E-state index is 0.355. The standard InChI is InChI=1S/C15H21N5/c1-2-15(9-5-6-10-15)11-20-14(17-18-19-20)12-7-3-4-8-13(12)16/h3-4,7-8H,2,5-6,9-11,16H2,1H3. The molecule has 5 heteroatoms. The van der Waals surface area contributed by atoms with E-state index in [1.54, 1.807) is 0 Å². The Balaban J connectivity index is 1.93. The van der Waals surface area contributed by atoms with Crippen LogP contribution in [-0.4, -0.2) is 20.2 Å². The Hall–Kier alpha value is -1.91. The zero-order chi connectivity index (χ0) is 14.0. The number of aromatic nitrogens is 4. The molecule has 2 N–H and O–H groups in total. The van der Waals surface area contributed by atoms with Crippen LogP contribution in [0.25, 0.3) is 11.4 Å². The van der Waals surface area contributed by atoms with Gasteiger partial charge >= 0.3 is 0 Å². The van der Waals surface area contributed by atoms with Gasteiger partial charge in [0.2, 0.25) is 0 Å². The molecule has 106 valence electrons. The summed E-state index contributed by atoms with van der Waals surface area (Å²) in [6.07, 6.45) is 6.36. The van der Waals surface area contributed by atoms with Crippen molar-refractivity contribution in [1.82, 2.24) is 20.2 Å². The van der Waals surface area contributed by atoms with Gasteiger partial charge in [-0.2, -0.15) is 0 Å². The number of tetrazole rings is 1. The van der Waals surface area contributed by atoms with Crippen molar-refractivity contribution in [3.63, 3.8) is 0 Å². The zero-order valence-corrected chi connectivity index (χ0v) is 11.9. The number of anilines is 1. The van der Waals surface area contributed by atoms with Crippen molar-refractivity contribution >= 4 is 5.69 Å². The van der Waals surface area contributed by atoms with E-state index >= 15 is 0 Å².